The second-order valence-electron chi connectivity index (χ2n) is 4.05. The van der Waals surface area contributed by atoms with Crippen molar-refractivity contribution in [2.45, 2.75) is 39.2 Å². The summed E-state index contributed by atoms with van der Waals surface area (Å²) in [5, 5.41) is 3.16. The number of hydrogen-bond donors (Lipinski definition) is 1. The van der Waals surface area contributed by atoms with Crippen LogP contribution in [-0.4, -0.2) is 13.7 Å². The monoisotopic (exact) mass is 221 g/mol. The normalized spacial score (nSPS) is 10.4. The lowest BCUT2D eigenvalue weighted by atomic mass is 10.2. The molecule has 0 heterocycles. The summed E-state index contributed by atoms with van der Waals surface area (Å²) in [5.74, 6) is 1.02. The molecule has 1 aromatic carbocycles. The molecule has 0 aromatic heterocycles. The highest BCUT2D eigenvalue weighted by molar-refractivity contribution is 5.33. The van der Waals surface area contributed by atoms with E-state index in [1.165, 1.54) is 24.8 Å². The van der Waals surface area contributed by atoms with Gasteiger partial charge in [0.1, 0.15) is 5.75 Å². The van der Waals surface area contributed by atoms with E-state index in [0.717, 1.165) is 25.3 Å². The van der Waals surface area contributed by atoms with Gasteiger partial charge in [-0.2, -0.15) is 0 Å². The van der Waals surface area contributed by atoms with Crippen molar-refractivity contribution in [2.24, 2.45) is 0 Å². The smallest absolute Gasteiger partial charge is 0.123 e. The van der Waals surface area contributed by atoms with Crippen LogP contribution in [0.4, 0.5) is 0 Å². The van der Waals surface area contributed by atoms with Gasteiger partial charge in [0.25, 0.3) is 0 Å². The van der Waals surface area contributed by atoms with E-state index in [2.05, 4.69) is 24.4 Å². The van der Waals surface area contributed by atoms with E-state index in [1.807, 2.05) is 19.2 Å². The predicted octanol–water partition coefficient (Wildman–Crippen LogP) is 3.37. The quantitative estimate of drug-likeness (QED) is 0.680. The van der Waals surface area contributed by atoms with E-state index in [1.54, 1.807) is 0 Å². The highest BCUT2D eigenvalue weighted by atomic mass is 16.5. The molecule has 0 fully saturated rings. The van der Waals surface area contributed by atoms with Crippen LogP contribution in [-0.2, 0) is 6.54 Å². The molecule has 2 nitrogen and oxygen atoms in total. The summed E-state index contributed by atoms with van der Waals surface area (Å²) >= 11 is 0. The van der Waals surface area contributed by atoms with E-state index in [9.17, 15) is 0 Å². The van der Waals surface area contributed by atoms with Crippen molar-refractivity contribution in [3.63, 3.8) is 0 Å². The maximum Gasteiger partial charge on any atom is 0.123 e. The Morgan fingerprint density at radius 1 is 1.12 bits per heavy atom. The third-order valence-corrected chi connectivity index (χ3v) is 2.60. The Labute approximate surface area is 99.0 Å². The van der Waals surface area contributed by atoms with Crippen LogP contribution < -0.4 is 10.1 Å². The average Bonchev–Trinajstić information content (AvgIpc) is 2.31. The molecule has 0 spiro atoms. The van der Waals surface area contributed by atoms with Crippen LogP contribution in [0.5, 0.6) is 5.75 Å². The van der Waals surface area contributed by atoms with Gasteiger partial charge in [-0.05, 0) is 19.5 Å². The van der Waals surface area contributed by atoms with Crippen LogP contribution in [0.15, 0.2) is 24.3 Å². The van der Waals surface area contributed by atoms with Gasteiger partial charge in [-0.25, -0.2) is 0 Å². The molecule has 0 saturated carbocycles. The lowest BCUT2D eigenvalue weighted by molar-refractivity contribution is 0.301. The summed E-state index contributed by atoms with van der Waals surface area (Å²) in [7, 11) is 1.96. The van der Waals surface area contributed by atoms with Crippen LogP contribution in [0.3, 0.4) is 0 Å². The number of rotatable bonds is 8. The summed E-state index contributed by atoms with van der Waals surface area (Å²) in [4.78, 5) is 0. The first kappa shape index (κ1) is 13.0. The zero-order valence-corrected chi connectivity index (χ0v) is 10.5. The highest BCUT2D eigenvalue weighted by Gasteiger charge is 2.00. The summed E-state index contributed by atoms with van der Waals surface area (Å²) in [6.45, 7) is 3.93. The number of ether oxygens (including phenoxy) is 1. The number of benzene rings is 1. The molecule has 0 unspecified atom stereocenters. The molecule has 0 bridgehead atoms. The second-order valence-corrected chi connectivity index (χ2v) is 4.05. The Kier molecular flexibility index (Phi) is 6.66. The maximum absolute atomic E-state index is 5.80. The molecule has 0 amide bonds. The fourth-order valence-corrected chi connectivity index (χ4v) is 1.69. The lowest BCUT2D eigenvalue weighted by Gasteiger charge is -2.10. The predicted molar refractivity (Wildman–Crippen MR) is 68.8 cm³/mol. The lowest BCUT2D eigenvalue weighted by Crippen LogP contribution is -2.08. The fraction of sp³-hybridized carbons (Fsp3) is 0.571. The summed E-state index contributed by atoms with van der Waals surface area (Å²) in [6, 6.07) is 8.24. The Balaban J connectivity index is 2.34. The molecule has 0 aliphatic carbocycles. The fourth-order valence-electron chi connectivity index (χ4n) is 1.69. The maximum atomic E-state index is 5.80. The molecule has 0 aliphatic heterocycles. The van der Waals surface area contributed by atoms with Crippen molar-refractivity contribution in [3.8, 4) is 5.75 Å². The van der Waals surface area contributed by atoms with E-state index in [4.69, 9.17) is 4.74 Å². The zero-order valence-electron chi connectivity index (χ0n) is 10.5. The van der Waals surface area contributed by atoms with Crippen molar-refractivity contribution in [1.29, 1.82) is 0 Å². The zero-order chi connectivity index (χ0) is 11.6. The minimum atomic E-state index is 0.834. The number of unbranched alkanes of at least 4 members (excludes halogenated alkanes) is 3. The van der Waals surface area contributed by atoms with Gasteiger partial charge in [0.2, 0.25) is 0 Å². The summed E-state index contributed by atoms with van der Waals surface area (Å²) < 4.78 is 5.80. The van der Waals surface area contributed by atoms with E-state index >= 15 is 0 Å². The molecule has 0 atom stereocenters. The summed E-state index contributed by atoms with van der Waals surface area (Å²) in [6.07, 6.45) is 5.00. The third kappa shape index (κ3) is 4.67. The van der Waals surface area contributed by atoms with E-state index in [-0.39, 0.29) is 0 Å². The van der Waals surface area contributed by atoms with Crippen molar-refractivity contribution in [2.75, 3.05) is 13.7 Å². The third-order valence-electron chi connectivity index (χ3n) is 2.60. The average molecular weight is 221 g/mol. The van der Waals surface area contributed by atoms with Gasteiger partial charge in [-0.3, -0.25) is 0 Å². The Bertz CT molecular complexity index is 286. The van der Waals surface area contributed by atoms with Gasteiger partial charge in [0, 0.05) is 12.1 Å². The molecule has 90 valence electrons. The minimum absolute atomic E-state index is 0.834. The topological polar surface area (TPSA) is 21.3 Å². The van der Waals surface area contributed by atoms with Crippen molar-refractivity contribution in [3.05, 3.63) is 29.8 Å². The second kappa shape index (κ2) is 8.17. The van der Waals surface area contributed by atoms with Crippen LogP contribution in [0.1, 0.15) is 38.2 Å². The molecule has 2 heteroatoms. The van der Waals surface area contributed by atoms with Gasteiger partial charge in [-0.15, -0.1) is 0 Å². The molecule has 0 aliphatic rings. The number of nitrogens with one attached hydrogen (secondary N) is 1. The van der Waals surface area contributed by atoms with Crippen LogP contribution in [0.25, 0.3) is 0 Å². The van der Waals surface area contributed by atoms with Crippen LogP contribution >= 0.6 is 0 Å². The molecule has 0 saturated heterocycles. The Morgan fingerprint density at radius 3 is 2.69 bits per heavy atom. The largest absolute Gasteiger partial charge is 0.493 e. The standard InChI is InChI=1S/C14H23NO/c1-3-4-5-8-11-16-14-10-7-6-9-13(14)12-15-2/h6-7,9-10,15H,3-5,8,11-12H2,1-2H3. The first-order chi connectivity index (χ1) is 7.88. The van der Waals surface area contributed by atoms with E-state index < -0.39 is 0 Å². The van der Waals surface area contributed by atoms with E-state index in [0.29, 0.717) is 0 Å². The molecular weight excluding hydrogens is 198 g/mol. The number of para-hydroxylation sites is 1. The van der Waals surface area contributed by atoms with Gasteiger partial charge >= 0.3 is 0 Å². The van der Waals surface area contributed by atoms with Crippen LogP contribution in [0.2, 0.25) is 0 Å². The van der Waals surface area contributed by atoms with Crippen molar-refractivity contribution >= 4 is 0 Å². The molecular formula is C14H23NO. The summed E-state index contributed by atoms with van der Waals surface area (Å²) in [5.41, 5.74) is 1.24. The Morgan fingerprint density at radius 2 is 1.94 bits per heavy atom. The van der Waals surface area contributed by atoms with Gasteiger partial charge in [0.05, 0.1) is 6.61 Å². The minimum Gasteiger partial charge on any atom is -0.493 e. The molecule has 0 radical (unpaired) electrons. The molecule has 1 N–H and O–H groups in total. The molecule has 1 aromatic rings. The molecule has 1 rings (SSSR count). The van der Waals surface area contributed by atoms with Crippen molar-refractivity contribution < 1.29 is 4.74 Å². The first-order valence-corrected chi connectivity index (χ1v) is 6.23. The van der Waals surface area contributed by atoms with Crippen LogP contribution in [0, 0.1) is 0 Å². The number of hydrogen-bond acceptors (Lipinski definition) is 2. The first-order valence-electron chi connectivity index (χ1n) is 6.23. The van der Waals surface area contributed by atoms with Gasteiger partial charge in [0.15, 0.2) is 0 Å². The van der Waals surface area contributed by atoms with Crippen molar-refractivity contribution in [1.82, 2.24) is 5.32 Å². The van der Waals surface area contributed by atoms with Gasteiger partial charge in [-0.1, -0.05) is 44.4 Å². The SMILES string of the molecule is CCCCCCOc1ccccc1CNC. The van der Waals surface area contributed by atoms with Gasteiger partial charge < -0.3 is 10.1 Å². The molecule has 16 heavy (non-hydrogen) atoms. The Hall–Kier alpha value is -1.02. The highest BCUT2D eigenvalue weighted by Crippen LogP contribution is 2.18.